The smallest absolute Gasteiger partial charge is 0.282 e. The van der Waals surface area contributed by atoms with Crippen LogP contribution in [-0.2, 0) is 4.74 Å². The molecule has 1 aromatic rings. The van der Waals surface area contributed by atoms with Crippen LogP contribution in [0.4, 0.5) is 11.4 Å². The monoisotopic (exact) mass is 405 g/mol. The highest BCUT2D eigenvalue weighted by molar-refractivity contribution is 14.1. The molecule has 2 N–H and O–H groups in total. The van der Waals surface area contributed by atoms with E-state index in [1.165, 1.54) is 6.07 Å². The number of piperidine rings is 1. The van der Waals surface area contributed by atoms with Crippen molar-refractivity contribution in [3.05, 3.63) is 31.9 Å². The van der Waals surface area contributed by atoms with Crippen molar-refractivity contribution in [1.82, 2.24) is 5.32 Å². The largest absolute Gasteiger partial charge is 0.385 e. The highest BCUT2D eigenvalue weighted by Crippen LogP contribution is 2.24. The molecule has 21 heavy (non-hydrogen) atoms. The number of anilines is 1. The third-order valence-corrected chi connectivity index (χ3v) is 4.30. The fourth-order valence-corrected chi connectivity index (χ4v) is 2.99. The summed E-state index contributed by atoms with van der Waals surface area (Å²) in [4.78, 5) is 10.4. The Morgan fingerprint density at radius 2 is 2.19 bits per heavy atom. The number of nitrogens with zero attached hydrogens (tertiary/aromatic N) is 1. The summed E-state index contributed by atoms with van der Waals surface area (Å²) < 4.78 is 6.47. The van der Waals surface area contributed by atoms with Gasteiger partial charge in [0.05, 0.1) is 14.6 Å². The Morgan fingerprint density at radius 3 is 2.86 bits per heavy atom. The summed E-state index contributed by atoms with van der Waals surface area (Å²) in [5.41, 5.74) is 1.06. The van der Waals surface area contributed by atoms with Crippen LogP contribution in [0.1, 0.15) is 19.3 Å². The van der Waals surface area contributed by atoms with Gasteiger partial charge in [0.15, 0.2) is 0 Å². The van der Waals surface area contributed by atoms with E-state index in [-0.39, 0.29) is 10.6 Å². The number of rotatable bonds is 7. The molecule has 1 saturated heterocycles. The Balaban J connectivity index is 1.66. The van der Waals surface area contributed by atoms with Crippen LogP contribution in [0, 0.1) is 13.7 Å². The van der Waals surface area contributed by atoms with E-state index in [0.717, 1.165) is 51.2 Å². The van der Waals surface area contributed by atoms with Crippen LogP contribution in [0.3, 0.4) is 0 Å². The van der Waals surface area contributed by atoms with Gasteiger partial charge in [0.25, 0.3) is 5.69 Å². The first kappa shape index (κ1) is 16.4. The molecule has 0 unspecified atom stereocenters. The van der Waals surface area contributed by atoms with Crippen molar-refractivity contribution < 1.29 is 9.66 Å². The molecular formula is C14H20IN3O3. The number of hydrogen-bond donors (Lipinski definition) is 2. The lowest BCUT2D eigenvalue weighted by molar-refractivity contribution is -0.385. The van der Waals surface area contributed by atoms with Gasteiger partial charge in [-0.25, -0.2) is 0 Å². The predicted octanol–water partition coefficient (Wildman–Crippen LogP) is 2.77. The van der Waals surface area contributed by atoms with Crippen LogP contribution in [-0.4, -0.2) is 37.3 Å². The molecule has 1 heterocycles. The Kier molecular flexibility index (Phi) is 6.65. The SMILES string of the molecule is O=[N+]([O-])c1ccc(NCCCOC2CCNCC2)cc1I. The van der Waals surface area contributed by atoms with E-state index < -0.39 is 0 Å². The lowest BCUT2D eigenvalue weighted by Crippen LogP contribution is -2.32. The first-order chi connectivity index (χ1) is 10.2. The Hall–Kier alpha value is -0.930. The van der Waals surface area contributed by atoms with Gasteiger partial charge in [0.2, 0.25) is 0 Å². The van der Waals surface area contributed by atoms with Crippen LogP contribution >= 0.6 is 22.6 Å². The average Bonchev–Trinajstić information content (AvgIpc) is 2.47. The van der Waals surface area contributed by atoms with E-state index in [2.05, 4.69) is 10.6 Å². The van der Waals surface area contributed by atoms with Gasteiger partial charge in [-0.1, -0.05) is 0 Å². The van der Waals surface area contributed by atoms with E-state index in [4.69, 9.17) is 4.74 Å². The molecule has 1 fully saturated rings. The highest BCUT2D eigenvalue weighted by Gasteiger charge is 2.13. The molecule has 6 nitrogen and oxygen atoms in total. The molecule has 0 aromatic heterocycles. The molecule has 0 amide bonds. The van der Waals surface area contributed by atoms with E-state index >= 15 is 0 Å². The van der Waals surface area contributed by atoms with E-state index in [1.807, 2.05) is 22.6 Å². The molecule has 0 atom stereocenters. The first-order valence-electron chi connectivity index (χ1n) is 7.17. The van der Waals surface area contributed by atoms with Crippen LogP contribution in [0.5, 0.6) is 0 Å². The van der Waals surface area contributed by atoms with Crippen molar-refractivity contribution in [2.75, 3.05) is 31.6 Å². The lowest BCUT2D eigenvalue weighted by atomic mass is 10.1. The normalized spacial score (nSPS) is 15.9. The molecule has 1 aliphatic rings. The number of nitro benzene ring substituents is 1. The molecule has 116 valence electrons. The molecule has 1 aromatic carbocycles. The summed E-state index contributed by atoms with van der Waals surface area (Å²) in [7, 11) is 0. The standard InChI is InChI=1S/C14H20IN3O3/c15-13-10-11(2-3-14(13)18(19)20)17-6-1-9-21-12-4-7-16-8-5-12/h2-3,10,12,16-17H,1,4-9H2. The summed E-state index contributed by atoms with van der Waals surface area (Å²) in [5.74, 6) is 0. The minimum Gasteiger partial charge on any atom is -0.385 e. The van der Waals surface area contributed by atoms with Gasteiger partial charge in [0, 0.05) is 24.9 Å². The van der Waals surface area contributed by atoms with Gasteiger partial charge in [-0.15, -0.1) is 0 Å². The van der Waals surface area contributed by atoms with Crippen LogP contribution in [0.2, 0.25) is 0 Å². The van der Waals surface area contributed by atoms with Crippen molar-refractivity contribution in [3.8, 4) is 0 Å². The minimum absolute atomic E-state index is 0.149. The fraction of sp³-hybridized carbons (Fsp3) is 0.571. The fourth-order valence-electron chi connectivity index (χ4n) is 2.28. The van der Waals surface area contributed by atoms with Crippen LogP contribution in [0.15, 0.2) is 18.2 Å². The summed E-state index contributed by atoms with van der Waals surface area (Å²) in [6, 6.07) is 5.08. The van der Waals surface area contributed by atoms with Crippen LogP contribution < -0.4 is 10.6 Å². The zero-order valence-electron chi connectivity index (χ0n) is 11.8. The molecule has 0 saturated carbocycles. The molecule has 0 spiro atoms. The quantitative estimate of drug-likeness (QED) is 0.316. The van der Waals surface area contributed by atoms with Crippen molar-refractivity contribution in [2.24, 2.45) is 0 Å². The number of benzene rings is 1. The molecule has 0 radical (unpaired) electrons. The maximum absolute atomic E-state index is 10.7. The molecule has 1 aliphatic heterocycles. The second-order valence-corrected chi connectivity index (χ2v) is 6.19. The minimum atomic E-state index is -0.363. The Bertz CT molecular complexity index is 479. The highest BCUT2D eigenvalue weighted by atomic mass is 127. The third-order valence-electron chi connectivity index (χ3n) is 3.43. The number of nitro groups is 1. The Labute approximate surface area is 137 Å². The van der Waals surface area contributed by atoms with Gasteiger partial charge in [0.1, 0.15) is 0 Å². The summed E-state index contributed by atoms with van der Waals surface area (Å²) in [6.45, 7) is 3.65. The molecular weight excluding hydrogens is 385 g/mol. The van der Waals surface area contributed by atoms with Crippen LogP contribution in [0.25, 0.3) is 0 Å². The Morgan fingerprint density at radius 1 is 1.43 bits per heavy atom. The lowest BCUT2D eigenvalue weighted by Gasteiger charge is -2.22. The number of ether oxygens (including phenoxy) is 1. The summed E-state index contributed by atoms with van der Waals surface area (Å²) >= 11 is 1.99. The van der Waals surface area contributed by atoms with E-state index in [9.17, 15) is 10.1 Å². The molecule has 0 aliphatic carbocycles. The topological polar surface area (TPSA) is 76.4 Å². The van der Waals surface area contributed by atoms with Gasteiger partial charge < -0.3 is 15.4 Å². The predicted molar refractivity (Wildman–Crippen MR) is 90.8 cm³/mol. The van der Waals surface area contributed by atoms with Gasteiger partial charge in [-0.2, -0.15) is 0 Å². The molecule has 0 bridgehead atoms. The summed E-state index contributed by atoms with van der Waals surface area (Å²) in [6.07, 6.45) is 3.51. The van der Waals surface area contributed by atoms with Gasteiger partial charge in [-0.05, 0) is 67.1 Å². The van der Waals surface area contributed by atoms with Crippen molar-refractivity contribution in [1.29, 1.82) is 0 Å². The zero-order chi connectivity index (χ0) is 15.1. The number of nitrogens with one attached hydrogen (secondary N) is 2. The zero-order valence-corrected chi connectivity index (χ0v) is 14.0. The van der Waals surface area contributed by atoms with Gasteiger partial charge >= 0.3 is 0 Å². The third kappa shape index (κ3) is 5.40. The van der Waals surface area contributed by atoms with E-state index in [1.54, 1.807) is 12.1 Å². The number of hydrogen-bond acceptors (Lipinski definition) is 5. The second kappa shape index (κ2) is 8.50. The second-order valence-electron chi connectivity index (χ2n) is 5.02. The first-order valence-corrected chi connectivity index (χ1v) is 8.25. The maximum atomic E-state index is 10.7. The molecule has 2 rings (SSSR count). The van der Waals surface area contributed by atoms with Crippen molar-refractivity contribution >= 4 is 34.0 Å². The maximum Gasteiger partial charge on any atom is 0.282 e. The van der Waals surface area contributed by atoms with Crippen molar-refractivity contribution in [2.45, 2.75) is 25.4 Å². The van der Waals surface area contributed by atoms with E-state index in [0.29, 0.717) is 9.67 Å². The average molecular weight is 405 g/mol. The van der Waals surface area contributed by atoms with Gasteiger partial charge in [-0.3, -0.25) is 10.1 Å². The van der Waals surface area contributed by atoms with Crippen molar-refractivity contribution in [3.63, 3.8) is 0 Å². The summed E-state index contributed by atoms with van der Waals surface area (Å²) in [5, 5.41) is 17.3. The molecule has 7 heteroatoms. The number of halogens is 1.